The van der Waals surface area contributed by atoms with E-state index in [2.05, 4.69) is 10.0 Å². The fraction of sp³-hybridized carbons (Fsp3) is 0.235. The van der Waals surface area contributed by atoms with Crippen molar-refractivity contribution in [3.8, 4) is 0 Å². The molecule has 2 N–H and O–H groups in total. The molecule has 0 aromatic heterocycles. The van der Waals surface area contributed by atoms with Gasteiger partial charge in [-0.3, -0.25) is 4.79 Å². The number of sulfonamides is 1. The van der Waals surface area contributed by atoms with Crippen molar-refractivity contribution in [3.05, 3.63) is 59.4 Å². The molecule has 1 unspecified atom stereocenters. The average Bonchev–Trinajstić information content (AvgIpc) is 2.51. The molecule has 0 saturated heterocycles. The Hall–Kier alpha value is -2.25. The first-order valence-electron chi connectivity index (χ1n) is 7.35. The number of rotatable bonds is 5. The second-order valence-corrected chi connectivity index (χ2v) is 7.32. The summed E-state index contributed by atoms with van der Waals surface area (Å²) in [4.78, 5) is 12.1. The van der Waals surface area contributed by atoms with Crippen molar-refractivity contribution in [1.29, 1.82) is 0 Å². The topological polar surface area (TPSA) is 75.3 Å². The molecule has 1 atom stereocenters. The normalized spacial score (nSPS) is 12.7. The highest BCUT2D eigenvalue weighted by Gasteiger charge is 2.22. The minimum atomic E-state index is -3.91. The highest BCUT2D eigenvalue weighted by molar-refractivity contribution is 7.89. The van der Waals surface area contributed by atoms with Gasteiger partial charge in [-0.2, -0.15) is 4.72 Å². The number of carbonyl (C=O) groups excluding carboxylic acids is 1. The third-order valence-corrected chi connectivity index (χ3v) is 5.06. The summed E-state index contributed by atoms with van der Waals surface area (Å²) in [7, 11) is -3.91. The van der Waals surface area contributed by atoms with Gasteiger partial charge < -0.3 is 5.32 Å². The van der Waals surface area contributed by atoms with E-state index in [4.69, 9.17) is 0 Å². The van der Waals surface area contributed by atoms with Crippen LogP contribution in [0.5, 0.6) is 0 Å². The van der Waals surface area contributed by atoms with Crippen molar-refractivity contribution >= 4 is 21.6 Å². The SMILES string of the molecule is Cc1ccc(C)c(NC(=O)C(C)NS(=O)(=O)c2ccc(F)cc2)c1. The van der Waals surface area contributed by atoms with E-state index in [1.807, 2.05) is 32.0 Å². The summed E-state index contributed by atoms with van der Waals surface area (Å²) in [6, 6.07) is 9.02. The first-order valence-corrected chi connectivity index (χ1v) is 8.83. The fourth-order valence-electron chi connectivity index (χ4n) is 2.08. The van der Waals surface area contributed by atoms with Crippen LogP contribution in [0.15, 0.2) is 47.4 Å². The number of halogens is 1. The molecule has 1 amide bonds. The Morgan fingerprint density at radius 1 is 1.08 bits per heavy atom. The molecule has 7 heteroatoms. The van der Waals surface area contributed by atoms with Crippen molar-refractivity contribution in [1.82, 2.24) is 4.72 Å². The fourth-order valence-corrected chi connectivity index (χ4v) is 3.28. The Kier molecular flexibility index (Phi) is 5.36. The molecule has 0 spiro atoms. The number of amides is 1. The predicted molar refractivity (Wildman–Crippen MR) is 90.7 cm³/mol. The standard InChI is InChI=1S/C17H19FN2O3S/c1-11-4-5-12(2)16(10-11)19-17(21)13(3)20-24(22,23)15-8-6-14(18)7-9-15/h4-10,13,20H,1-3H3,(H,19,21). The van der Waals surface area contributed by atoms with Crippen LogP contribution in [0.2, 0.25) is 0 Å². The van der Waals surface area contributed by atoms with Crippen LogP contribution in [0.4, 0.5) is 10.1 Å². The first-order chi connectivity index (χ1) is 11.2. The van der Waals surface area contributed by atoms with E-state index in [1.165, 1.54) is 6.92 Å². The zero-order valence-electron chi connectivity index (χ0n) is 13.6. The van der Waals surface area contributed by atoms with Crippen LogP contribution in [0.1, 0.15) is 18.1 Å². The third kappa shape index (κ3) is 4.39. The van der Waals surface area contributed by atoms with Crippen LogP contribution >= 0.6 is 0 Å². The second-order valence-electron chi connectivity index (χ2n) is 5.60. The van der Waals surface area contributed by atoms with Crippen LogP contribution in [-0.2, 0) is 14.8 Å². The van der Waals surface area contributed by atoms with Crippen molar-refractivity contribution in [2.24, 2.45) is 0 Å². The monoisotopic (exact) mass is 350 g/mol. The maximum Gasteiger partial charge on any atom is 0.242 e. The summed E-state index contributed by atoms with van der Waals surface area (Å²) in [5, 5.41) is 2.71. The van der Waals surface area contributed by atoms with Crippen molar-refractivity contribution < 1.29 is 17.6 Å². The second kappa shape index (κ2) is 7.11. The summed E-state index contributed by atoms with van der Waals surface area (Å²) >= 11 is 0. The summed E-state index contributed by atoms with van der Waals surface area (Å²) in [6.45, 7) is 5.19. The van der Waals surface area contributed by atoms with E-state index in [9.17, 15) is 17.6 Å². The summed E-state index contributed by atoms with van der Waals surface area (Å²) in [5.74, 6) is -1.01. The van der Waals surface area contributed by atoms with Crippen molar-refractivity contribution in [2.45, 2.75) is 31.7 Å². The lowest BCUT2D eigenvalue weighted by Gasteiger charge is -2.16. The van der Waals surface area contributed by atoms with E-state index in [1.54, 1.807) is 0 Å². The van der Waals surface area contributed by atoms with Crippen LogP contribution in [0, 0.1) is 19.7 Å². The van der Waals surface area contributed by atoms with Gasteiger partial charge in [-0.15, -0.1) is 0 Å². The van der Waals surface area contributed by atoms with E-state index in [0.717, 1.165) is 35.4 Å². The number of hydrogen-bond acceptors (Lipinski definition) is 3. The molecule has 0 aliphatic rings. The van der Waals surface area contributed by atoms with Gasteiger partial charge in [0.25, 0.3) is 0 Å². The van der Waals surface area contributed by atoms with Gasteiger partial charge in [-0.1, -0.05) is 12.1 Å². The molecule has 128 valence electrons. The third-order valence-electron chi connectivity index (χ3n) is 3.50. The lowest BCUT2D eigenvalue weighted by molar-refractivity contribution is -0.117. The molecule has 2 rings (SSSR count). The van der Waals surface area contributed by atoms with Crippen LogP contribution in [-0.4, -0.2) is 20.4 Å². The van der Waals surface area contributed by atoms with Gasteiger partial charge in [-0.25, -0.2) is 12.8 Å². The summed E-state index contributed by atoms with van der Waals surface area (Å²) in [5.41, 5.74) is 2.49. The minimum Gasteiger partial charge on any atom is -0.324 e. The van der Waals surface area contributed by atoms with E-state index in [-0.39, 0.29) is 4.90 Å². The lowest BCUT2D eigenvalue weighted by Crippen LogP contribution is -2.41. The quantitative estimate of drug-likeness (QED) is 0.871. The summed E-state index contributed by atoms with van der Waals surface area (Å²) < 4.78 is 39.6. The molecule has 2 aromatic carbocycles. The Bertz CT molecular complexity index is 849. The highest BCUT2D eigenvalue weighted by Crippen LogP contribution is 2.17. The maximum absolute atomic E-state index is 12.9. The first kappa shape index (κ1) is 18.1. The zero-order valence-corrected chi connectivity index (χ0v) is 14.4. The van der Waals surface area contributed by atoms with Crippen LogP contribution in [0.25, 0.3) is 0 Å². The van der Waals surface area contributed by atoms with Gasteiger partial charge in [0.15, 0.2) is 0 Å². The van der Waals surface area contributed by atoms with Crippen LogP contribution in [0.3, 0.4) is 0 Å². The van der Waals surface area contributed by atoms with E-state index in [0.29, 0.717) is 5.69 Å². The number of carbonyl (C=O) groups is 1. The Labute approximate surface area is 141 Å². The molecule has 24 heavy (non-hydrogen) atoms. The smallest absolute Gasteiger partial charge is 0.242 e. The molecule has 0 aliphatic carbocycles. The van der Waals surface area contributed by atoms with Gasteiger partial charge in [0.05, 0.1) is 10.9 Å². The minimum absolute atomic E-state index is 0.102. The lowest BCUT2D eigenvalue weighted by atomic mass is 10.1. The molecule has 0 heterocycles. The molecular formula is C17H19FN2O3S. The highest BCUT2D eigenvalue weighted by atomic mass is 32.2. The molecule has 0 fully saturated rings. The zero-order chi connectivity index (χ0) is 17.9. The van der Waals surface area contributed by atoms with Gasteiger partial charge in [0.2, 0.25) is 15.9 Å². The van der Waals surface area contributed by atoms with Gasteiger partial charge in [0.1, 0.15) is 5.82 Å². The number of anilines is 1. The van der Waals surface area contributed by atoms with Gasteiger partial charge in [-0.05, 0) is 62.2 Å². The molecule has 0 bridgehead atoms. The average molecular weight is 350 g/mol. The summed E-state index contributed by atoms with van der Waals surface area (Å²) in [6.07, 6.45) is 0. The molecular weight excluding hydrogens is 331 g/mol. The molecule has 2 aromatic rings. The molecule has 0 saturated carbocycles. The van der Waals surface area contributed by atoms with E-state index < -0.39 is 27.8 Å². The van der Waals surface area contributed by atoms with Gasteiger partial charge >= 0.3 is 0 Å². The van der Waals surface area contributed by atoms with Gasteiger partial charge in [0, 0.05) is 5.69 Å². The van der Waals surface area contributed by atoms with Crippen molar-refractivity contribution in [2.75, 3.05) is 5.32 Å². The largest absolute Gasteiger partial charge is 0.324 e. The number of aryl methyl sites for hydroxylation is 2. The Balaban J connectivity index is 2.10. The Morgan fingerprint density at radius 3 is 2.33 bits per heavy atom. The maximum atomic E-state index is 12.9. The predicted octanol–water partition coefficient (Wildman–Crippen LogP) is 2.75. The molecule has 0 radical (unpaired) electrons. The van der Waals surface area contributed by atoms with E-state index >= 15 is 0 Å². The molecule has 0 aliphatic heterocycles. The number of nitrogens with one attached hydrogen (secondary N) is 2. The number of hydrogen-bond donors (Lipinski definition) is 2. The Morgan fingerprint density at radius 2 is 1.71 bits per heavy atom. The molecule has 5 nitrogen and oxygen atoms in total. The van der Waals surface area contributed by atoms with Crippen LogP contribution < -0.4 is 10.0 Å². The number of benzene rings is 2. The van der Waals surface area contributed by atoms with Crippen molar-refractivity contribution in [3.63, 3.8) is 0 Å².